The summed E-state index contributed by atoms with van der Waals surface area (Å²) in [4.78, 5) is 32.3. The van der Waals surface area contributed by atoms with E-state index in [4.69, 9.17) is 5.11 Å². The highest BCUT2D eigenvalue weighted by Gasteiger charge is 2.37. The number of rotatable bonds is 4. The fraction of sp³-hybridized carbons (Fsp3) is 0.250. The van der Waals surface area contributed by atoms with E-state index >= 15 is 0 Å². The maximum Gasteiger partial charge on any atom is 0.340 e. The maximum absolute atomic E-state index is 11.8. The van der Waals surface area contributed by atoms with Gasteiger partial charge in [-0.1, -0.05) is 18.2 Å². The quantitative estimate of drug-likeness (QED) is 0.808. The molecule has 96 valence electrons. The Morgan fingerprint density at radius 1 is 1.22 bits per heavy atom. The molecule has 0 aliphatic heterocycles. The average molecular weight is 267 g/mol. The predicted octanol–water partition coefficient (Wildman–Crippen LogP) is 1.50. The summed E-state index contributed by atoms with van der Waals surface area (Å²) in [6.45, 7) is 2.53. The van der Waals surface area contributed by atoms with Crippen molar-refractivity contribution < 1.29 is 19.5 Å². The molecule has 0 spiro atoms. The molecule has 18 heavy (non-hydrogen) atoms. The van der Waals surface area contributed by atoms with Crippen LogP contribution in [-0.2, 0) is 9.59 Å². The van der Waals surface area contributed by atoms with Crippen LogP contribution in [0.2, 0.25) is 0 Å². The fourth-order valence-electron chi connectivity index (χ4n) is 1.29. The lowest BCUT2D eigenvalue weighted by atomic mass is 10.2. The van der Waals surface area contributed by atoms with Crippen LogP contribution in [0.4, 0.5) is 0 Å². The summed E-state index contributed by atoms with van der Waals surface area (Å²) in [5.74, 6) is -1.80. The molecule has 0 fully saturated rings. The Morgan fingerprint density at radius 2 is 1.78 bits per heavy atom. The molecule has 1 aromatic rings. The van der Waals surface area contributed by atoms with Gasteiger partial charge in [-0.05, 0) is 30.8 Å². The lowest BCUT2D eigenvalue weighted by Crippen LogP contribution is -2.50. The van der Waals surface area contributed by atoms with Crippen LogP contribution in [0.5, 0.6) is 0 Å². The van der Waals surface area contributed by atoms with Gasteiger partial charge >= 0.3 is 5.97 Å². The summed E-state index contributed by atoms with van der Waals surface area (Å²) in [7, 11) is 0. The molecule has 1 amide bonds. The van der Waals surface area contributed by atoms with Crippen LogP contribution in [0.1, 0.15) is 24.2 Å². The van der Waals surface area contributed by atoms with Crippen LogP contribution in [-0.4, -0.2) is 27.0 Å². The Labute approximate surface area is 109 Å². The number of hydrogen-bond acceptors (Lipinski definition) is 4. The van der Waals surface area contributed by atoms with Gasteiger partial charge in [-0.15, -0.1) is 0 Å². The first-order chi connectivity index (χ1) is 8.35. The van der Waals surface area contributed by atoms with Crippen molar-refractivity contribution in [2.75, 3.05) is 0 Å². The Balaban J connectivity index is 2.88. The molecule has 1 aromatic carbocycles. The topological polar surface area (TPSA) is 83.5 Å². The largest absolute Gasteiger partial charge is 0.479 e. The van der Waals surface area contributed by atoms with Crippen molar-refractivity contribution in [3.63, 3.8) is 0 Å². The highest BCUT2D eigenvalue weighted by atomic mass is 32.2. The SMILES string of the molecule is CC(=O)SC(C)(NC(=O)c1ccccc1)C(=O)O. The van der Waals surface area contributed by atoms with Crippen molar-refractivity contribution in [1.82, 2.24) is 5.32 Å². The molecule has 2 N–H and O–H groups in total. The molecule has 0 bridgehead atoms. The van der Waals surface area contributed by atoms with E-state index in [-0.39, 0.29) is 5.12 Å². The summed E-state index contributed by atoms with van der Waals surface area (Å²) < 4.78 is 0. The highest BCUT2D eigenvalue weighted by molar-refractivity contribution is 8.15. The van der Waals surface area contributed by atoms with Gasteiger partial charge in [0.25, 0.3) is 5.91 Å². The third-order valence-electron chi connectivity index (χ3n) is 2.14. The number of aliphatic carboxylic acids is 1. The number of carbonyl (C=O) groups is 3. The first-order valence-electron chi connectivity index (χ1n) is 5.15. The van der Waals surface area contributed by atoms with E-state index in [0.29, 0.717) is 17.3 Å². The summed E-state index contributed by atoms with van der Waals surface area (Å²) in [6.07, 6.45) is 0. The number of carboxylic acids is 1. The van der Waals surface area contributed by atoms with Crippen LogP contribution in [0.25, 0.3) is 0 Å². The molecule has 0 aliphatic rings. The fourth-order valence-corrected chi connectivity index (χ4v) is 2.09. The zero-order chi connectivity index (χ0) is 13.8. The third-order valence-corrected chi connectivity index (χ3v) is 3.12. The Bertz CT molecular complexity index is 474. The van der Waals surface area contributed by atoms with Gasteiger partial charge in [-0.3, -0.25) is 9.59 Å². The molecule has 0 saturated heterocycles. The van der Waals surface area contributed by atoms with Crippen LogP contribution in [0.15, 0.2) is 30.3 Å². The number of thioether (sulfide) groups is 1. The second kappa shape index (κ2) is 5.68. The van der Waals surface area contributed by atoms with E-state index in [2.05, 4.69) is 5.32 Å². The molecular weight excluding hydrogens is 254 g/mol. The van der Waals surface area contributed by atoms with Crippen molar-refractivity contribution in [3.8, 4) is 0 Å². The summed E-state index contributed by atoms with van der Waals surface area (Å²) in [6, 6.07) is 8.22. The van der Waals surface area contributed by atoms with Gasteiger partial charge in [0.05, 0.1) is 0 Å². The molecule has 0 aliphatic carbocycles. The molecule has 0 aromatic heterocycles. The van der Waals surface area contributed by atoms with Gasteiger partial charge in [0.2, 0.25) is 0 Å². The molecule has 1 atom stereocenters. The molecule has 0 saturated carbocycles. The normalized spacial score (nSPS) is 13.4. The van der Waals surface area contributed by atoms with Crippen LogP contribution < -0.4 is 5.32 Å². The molecule has 5 nitrogen and oxygen atoms in total. The van der Waals surface area contributed by atoms with Crippen LogP contribution in [0, 0.1) is 0 Å². The number of hydrogen-bond donors (Lipinski definition) is 2. The number of nitrogens with one attached hydrogen (secondary N) is 1. The number of carboxylic acid groups (broad SMARTS) is 1. The first-order valence-corrected chi connectivity index (χ1v) is 5.97. The maximum atomic E-state index is 11.8. The number of amides is 1. The van der Waals surface area contributed by atoms with E-state index in [0.717, 1.165) is 0 Å². The van der Waals surface area contributed by atoms with Gasteiger partial charge in [0, 0.05) is 12.5 Å². The van der Waals surface area contributed by atoms with Gasteiger partial charge < -0.3 is 10.4 Å². The minimum absolute atomic E-state index is 0.342. The van der Waals surface area contributed by atoms with Crippen LogP contribution >= 0.6 is 11.8 Å². The molecule has 1 rings (SSSR count). The molecule has 0 heterocycles. The highest BCUT2D eigenvalue weighted by Crippen LogP contribution is 2.23. The van der Waals surface area contributed by atoms with E-state index in [9.17, 15) is 14.4 Å². The van der Waals surface area contributed by atoms with Crippen molar-refractivity contribution in [2.24, 2.45) is 0 Å². The zero-order valence-corrected chi connectivity index (χ0v) is 10.8. The minimum atomic E-state index is -1.67. The second-order valence-electron chi connectivity index (χ2n) is 3.75. The lowest BCUT2D eigenvalue weighted by molar-refractivity contribution is -0.140. The molecule has 6 heteroatoms. The van der Waals surface area contributed by atoms with Crippen molar-refractivity contribution in [2.45, 2.75) is 18.7 Å². The standard InChI is InChI=1S/C12H13NO4S/c1-8(14)18-12(2,11(16)17)13-10(15)9-6-4-3-5-7-9/h3-7H,1-2H3,(H,13,15)(H,16,17). The monoisotopic (exact) mass is 267 g/mol. The van der Waals surface area contributed by atoms with E-state index < -0.39 is 16.7 Å². The Hall–Kier alpha value is -1.82. The minimum Gasteiger partial charge on any atom is -0.479 e. The third kappa shape index (κ3) is 3.59. The average Bonchev–Trinajstić information content (AvgIpc) is 2.28. The van der Waals surface area contributed by atoms with E-state index in [1.807, 2.05) is 0 Å². The van der Waals surface area contributed by atoms with E-state index in [1.54, 1.807) is 30.3 Å². The lowest BCUT2D eigenvalue weighted by Gasteiger charge is -2.24. The Morgan fingerprint density at radius 3 is 2.22 bits per heavy atom. The van der Waals surface area contributed by atoms with Crippen LogP contribution in [0.3, 0.4) is 0 Å². The first kappa shape index (κ1) is 14.2. The van der Waals surface area contributed by atoms with Crippen molar-refractivity contribution in [3.05, 3.63) is 35.9 Å². The summed E-state index contributed by atoms with van der Waals surface area (Å²) in [5, 5.41) is 11.1. The number of carbonyl (C=O) groups excluding carboxylic acids is 2. The second-order valence-corrected chi connectivity index (χ2v) is 5.35. The van der Waals surface area contributed by atoms with E-state index in [1.165, 1.54) is 13.8 Å². The van der Waals surface area contributed by atoms with Gasteiger partial charge in [0.1, 0.15) is 0 Å². The Kier molecular flexibility index (Phi) is 4.49. The smallest absolute Gasteiger partial charge is 0.340 e. The van der Waals surface area contributed by atoms with Gasteiger partial charge in [-0.25, -0.2) is 4.79 Å². The van der Waals surface area contributed by atoms with Gasteiger partial charge in [-0.2, -0.15) is 0 Å². The van der Waals surface area contributed by atoms with Crippen molar-refractivity contribution in [1.29, 1.82) is 0 Å². The summed E-state index contributed by atoms with van der Waals surface area (Å²) in [5.41, 5.74) is 0.342. The predicted molar refractivity (Wildman–Crippen MR) is 68.2 cm³/mol. The zero-order valence-electron chi connectivity index (χ0n) is 9.97. The molecule has 0 radical (unpaired) electrons. The van der Waals surface area contributed by atoms with Crippen molar-refractivity contribution >= 4 is 28.8 Å². The van der Waals surface area contributed by atoms with Gasteiger partial charge in [0.15, 0.2) is 9.99 Å². The molecule has 1 unspecified atom stereocenters. The molecular formula is C12H13NO4S. The number of benzene rings is 1. The summed E-state index contributed by atoms with van der Waals surface area (Å²) >= 11 is 0.563.